The van der Waals surface area contributed by atoms with Crippen molar-refractivity contribution in [1.29, 1.82) is 0 Å². The second kappa shape index (κ2) is 5.83. The molecule has 1 amide bonds. The fourth-order valence-corrected chi connectivity index (χ4v) is 1.85. The summed E-state index contributed by atoms with van der Waals surface area (Å²) in [7, 11) is 0. The SMILES string of the molecule is Cc1cc(CNC(C)C)cnc1-n1cc(C(N)=O)cn1. The van der Waals surface area contributed by atoms with Gasteiger partial charge in [0.15, 0.2) is 5.82 Å². The van der Waals surface area contributed by atoms with Gasteiger partial charge in [0.1, 0.15) is 0 Å². The van der Waals surface area contributed by atoms with Crippen LogP contribution in [0, 0.1) is 6.92 Å². The van der Waals surface area contributed by atoms with E-state index in [9.17, 15) is 4.79 Å². The van der Waals surface area contributed by atoms with Crippen molar-refractivity contribution in [3.05, 3.63) is 41.3 Å². The lowest BCUT2D eigenvalue weighted by Crippen LogP contribution is -2.22. The normalized spacial score (nSPS) is 11.0. The largest absolute Gasteiger partial charge is 0.366 e. The molecule has 6 nitrogen and oxygen atoms in total. The molecule has 0 aliphatic heterocycles. The molecule has 2 heterocycles. The Balaban J connectivity index is 2.22. The van der Waals surface area contributed by atoms with Gasteiger partial charge in [-0.3, -0.25) is 4.79 Å². The number of hydrogen-bond acceptors (Lipinski definition) is 4. The molecule has 20 heavy (non-hydrogen) atoms. The minimum Gasteiger partial charge on any atom is -0.366 e. The van der Waals surface area contributed by atoms with Crippen LogP contribution in [0.1, 0.15) is 35.3 Å². The average Bonchev–Trinajstić information content (AvgIpc) is 2.86. The Morgan fingerprint density at radius 2 is 2.20 bits per heavy atom. The number of pyridine rings is 1. The summed E-state index contributed by atoms with van der Waals surface area (Å²) in [5, 5.41) is 7.45. The van der Waals surface area contributed by atoms with Gasteiger partial charge in [0.05, 0.1) is 11.8 Å². The van der Waals surface area contributed by atoms with Crippen LogP contribution in [0.5, 0.6) is 0 Å². The summed E-state index contributed by atoms with van der Waals surface area (Å²) in [5.74, 6) is 0.206. The maximum absolute atomic E-state index is 11.1. The number of primary amides is 1. The summed E-state index contributed by atoms with van der Waals surface area (Å²) in [6, 6.07) is 2.49. The minimum atomic E-state index is -0.494. The average molecular weight is 273 g/mol. The standard InChI is InChI=1S/C14H19N5O/c1-9(2)16-5-11-4-10(3)14(17-6-11)19-8-12(7-18-19)13(15)20/h4,6-9,16H,5H2,1-3H3,(H2,15,20). The minimum absolute atomic E-state index is 0.372. The summed E-state index contributed by atoms with van der Waals surface area (Å²) in [4.78, 5) is 15.5. The quantitative estimate of drug-likeness (QED) is 0.856. The first-order valence-electron chi connectivity index (χ1n) is 6.51. The monoisotopic (exact) mass is 273 g/mol. The first-order valence-corrected chi connectivity index (χ1v) is 6.51. The Labute approximate surface area is 118 Å². The Kier molecular flexibility index (Phi) is 4.14. The molecule has 3 N–H and O–H groups in total. The van der Waals surface area contributed by atoms with E-state index in [0.29, 0.717) is 17.4 Å². The Morgan fingerprint density at radius 1 is 1.45 bits per heavy atom. The lowest BCUT2D eigenvalue weighted by molar-refractivity contribution is 0.100. The van der Waals surface area contributed by atoms with E-state index < -0.39 is 5.91 Å². The fraction of sp³-hybridized carbons (Fsp3) is 0.357. The molecular weight excluding hydrogens is 254 g/mol. The zero-order valence-corrected chi connectivity index (χ0v) is 11.9. The van der Waals surface area contributed by atoms with E-state index in [2.05, 4.69) is 35.3 Å². The van der Waals surface area contributed by atoms with E-state index in [1.54, 1.807) is 10.9 Å². The Morgan fingerprint density at radius 3 is 2.75 bits per heavy atom. The summed E-state index contributed by atoms with van der Waals surface area (Å²) < 4.78 is 1.56. The van der Waals surface area contributed by atoms with Gasteiger partial charge in [-0.2, -0.15) is 5.10 Å². The molecule has 0 saturated carbocycles. The number of nitrogens with one attached hydrogen (secondary N) is 1. The van der Waals surface area contributed by atoms with E-state index >= 15 is 0 Å². The second-order valence-electron chi connectivity index (χ2n) is 5.06. The molecular formula is C14H19N5O. The summed E-state index contributed by atoms with van der Waals surface area (Å²) in [6.07, 6.45) is 4.84. The molecule has 2 aromatic heterocycles. The van der Waals surface area contributed by atoms with Gasteiger partial charge >= 0.3 is 0 Å². The molecule has 2 aromatic rings. The van der Waals surface area contributed by atoms with Gasteiger partial charge in [0.25, 0.3) is 5.91 Å². The number of amides is 1. The molecule has 0 radical (unpaired) electrons. The van der Waals surface area contributed by atoms with E-state index in [0.717, 1.165) is 17.7 Å². The van der Waals surface area contributed by atoms with Crippen molar-refractivity contribution in [2.45, 2.75) is 33.4 Å². The number of carbonyl (C=O) groups is 1. The number of carbonyl (C=O) groups excluding carboxylic acids is 1. The molecule has 0 saturated heterocycles. The van der Waals surface area contributed by atoms with E-state index in [1.807, 2.05) is 13.1 Å². The lowest BCUT2D eigenvalue weighted by atomic mass is 10.2. The van der Waals surface area contributed by atoms with Crippen LogP contribution >= 0.6 is 0 Å². The van der Waals surface area contributed by atoms with Crippen molar-refractivity contribution >= 4 is 5.91 Å². The van der Waals surface area contributed by atoms with Gasteiger partial charge in [0.2, 0.25) is 0 Å². The molecule has 0 fully saturated rings. The third kappa shape index (κ3) is 3.21. The zero-order chi connectivity index (χ0) is 14.7. The van der Waals surface area contributed by atoms with Crippen molar-refractivity contribution in [3.8, 4) is 5.82 Å². The van der Waals surface area contributed by atoms with Gasteiger partial charge in [-0.1, -0.05) is 13.8 Å². The van der Waals surface area contributed by atoms with Crippen molar-refractivity contribution in [2.75, 3.05) is 0 Å². The van der Waals surface area contributed by atoms with E-state index in [-0.39, 0.29) is 0 Å². The highest BCUT2D eigenvalue weighted by atomic mass is 16.1. The smallest absolute Gasteiger partial charge is 0.251 e. The molecule has 0 aliphatic carbocycles. The Bertz CT molecular complexity index is 618. The third-order valence-electron chi connectivity index (χ3n) is 2.91. The third-order valence-corrected chi connectivity index (χ3v) is 2.91. The molecule has 6 heteroatoms. The van der Waals surface area contributed by atoms with Gasteiger partial charge < -0.3 is 11.1 Å². The van der Waals surface area contributed by atoms with Crippen molar-refractivity contribution in [3.63, 3.8) is 0 Å². The molecule has 106 valence electrons. The molecule has 0 atom stereocenters. The molecule has 0 aliphatic rings. The van der Waals surface area contributed by atoms with Crippen LogP contribution in [0.4, 0.5) is 0 Å². The maximum Gasteiger partial charge on any atom is 0.251 e. The van der Waals surface area contributed by atoms with Crippen LogP contribution in [-0.2, 0) is 6.54 Å². The Hall–Kier alpha value is -2.21. The van der Waals surface area contributed by atoms with Gasteiger partial charge in [-0.25, -0.2) is 9.67 Å². The zero-order valence-electron chi connectivity index (χ0n) is 11.9. The highest BCUT2D eigenvalue weighted by molar-refractivity contribution is 5.92. The van der Waals surface area contributed by atoms with Gasteiger partial charge in [-0.15, -0.1) is 0 Å². The van der Waals surface area contributed by atoms with Crippen LogP contribution < -0.4 is 11.1 Å². The number of rotatable bonds is 5. The number of nitrogens with two attached hydrogens (primary N) is 1. The van der Waals surface area contributed by atoms with Crippen LogP contribution in [0.25, 0.3) is 5.82 Å². The predicted molar refractivity (Wildman–Crippen MR) is 76.6 cm³/mol. The van der Waals surface area contributed by atoms with E-state index in [1.165, 1.54) is 6.20 Å². The predicted octanol–water partition coefficient (Wildman–Crippen LogP) is 1.17. The van der Waals surface area contributed by atoms with Crippen LogP contribution in [0.3, 0.4) is 0 Å². The first-order chi connectivity index (χ1) is 9.47. The first kappa shape index (κ1) is 14.2. The summed E-state index contributed by atoms with van der Waals surface area (Å²) >= 11 is 0. The fourth-order valence-electron chi connectivity index (χ4n) is 1.85. The number of aromatic nitrogens is 3. The molecule has 2 rings (SSSR count). The number of nitrogens with zero attached hydrogens (tertiary/aromatic N) is 3. The topological polar surface area (TPSA) is 85.8 Å². The van der Waals surface area contributed by atoms with Crippen molar-refractivity contribution in [2.24, 2.45) is 5.73 Å². The van der Waals surface area contributed by atoms with Crippen molar-refractivity contribution < 1.29 is 4.79 Å². The molecule has 0 spiro atoms. The number of aryl methyl sites for hydroxylation is 1. The van der Waals surface area contributed by atoms with Crippen LogP contribution in [0.15, 0.2) is 24.7 Å². The number of hydrogen-bond donors (Lipinski definition) is 2. The highest BCUT2D eigenvalue weighted by Gasteiger charge is 2.09. The van der Waals surface area contributed by atoms with Crippen molar-refractivity contribution in [1.82, 2.24) is 20.1 Å². The molecule has 0 aromatic carbocycles. The summed E-state index contributed by atoms with van der Waals surface area (Å²) in [6.45, 7) is 6.94. The second-order valence-corrected chi connectivity index (χ2v) is 5.06. The highest BCUT2D eigenvalue weighted by Crippen LogP contribution is 2.13. The summed E-state index contributed by atoms with van der Waals surface area (Å²) in [5.41, 5.74) is 7.69. The van der Waals surface area contributed by atoms with Crippen LogP contribution in [-0.4, -0.2) is 26.7 Å². The van der Waals surface area contributed by atoms with E-state index in [4.69, 9.17) is 5.73 Å². The lowest BCUT2D eigenvalue weighted by Gasteiger charge is -2.10. The van der Waals surface area contributed by atoms with Gasteiger partial charge in [0, 0.05) is 25.0 Å². The maximum atomic E-state index is 11.1. The van der Waals surface area contributed by atoms with Crippen LogP contribution in [0.2, 0.25) is 0 Å². The molecule has 0 bridgehead atoms. The van der Waals surface area contributed by atoms with Gasteiger partial charge in [-0.05, 0) is 24.1 Å². The molecule has 0 unspecified atom stereocenters.